The van der Waals surface area contributed by atoms with Gasteiger partial charge in [-0.15, -0.1) is 0 Å². The summed E-state index contributed by atoms with van der Waals surface area (Å²) in [5, 5.41) is 4.86. The summed E-state index contributed by atoms with van der Waals surface area (Å²) < 4.78 is 51.1. The number of benzene rings is 1. The first-order valence-corrected chi connectivity index (χ1v) is 9.88. The van der Waals surface area contributed by atoms with Gasteiger partial charge in [0.05, 0.1) is 6.54 Å². The minimum absolute atomic E-state index is 0.0562. The second-order valence-corrected chi connectivity index (χ2v) is 7.21. The molecule has 2 aliphatic rings. The summed E-state index contributed by atoms with van der Waals surface area (Å²) >= 11 is 0. The van der Waals surface area contributed by atoms with E-state index >= 15 is 0 Å². The van der Waals surface area contributed by atoms with Crippen molar-refractivity contribution in [2.45, 2.75) is 12.6 Å². The van der Waals surface area contributed by atoms with Crippen LogP contribution in [0.4, 0.5) is 23.7 Å². The van der Waals surface area contributed by atoms with Gasteiger partial charge in [0.1, 0.15) is 6.61 Å². The van der Waals surface area contributed by atoms with Crippen molar-refractivity contribution in [3.63, 3.8) is 0 Å². The highest BCUT2D eigenvalue weighted by Crippen LogP contribution is 2.34. The van der Waals surface area contributed by atoms with Crippen LogP contribution in [0.25, 0.3) is 0 Å². The number of hydrogen-bond donors (Lipinski definition) is 2. The maximum Gasteiger partial charge on any atom is 0.411 e. The number of alkyl halides is 3. The van der Waals surface area contributed by atoms with Crippen molar-refractivity contribution in [2.75, 3.05) is 64.6 Å². The lowest BCUT2D eigenvalue weighted by Crippen LogP contribution is -2.50. The van der Waals surface area contributed by atoms with Crippen LogP contribution in [0.15, 0.2) is 18.2 Å². The number of carbonyl (C=O) groups is 2. The van der Waals surface area contributed by atoms with Crippen LogP contribution in [0.2, 0.25) is 0 Å². The zero-order valence-corrected chi connectivity index (χ0v) is 16.9. The third-order valence-electron chi connectivity index (χ3n) is 4.74. The van der Waals surface area contributed by atoms with E-state index in [0.717, 1.165) is 0 Å². The molecule has 2 heterocycles. The smallest absolute Gasteiger partial charge is 0.411 e. The quantitative estimate of drug-likeness (QED) is 0.587. The molecule has 0 radical (unpaired) electrons. The fraction of sp³-hybridized carbons (Fsp3) is 0.579. The molecule has 0 bridgehead atoms. The molecule has 9 nitrogen and oxygen atoms in total. The minimum Gasteiger partial charge on any atom is -0.454 e. The van der Waals surface area contributed by atoms with Crippen LogP contribution in [0.3, 0.4) is 0 Å². The molecule has 0 aliphatic carbocycles. The number of rotatable bonds is 8. The molecule has 1 saturated heterocycles. The largest absolute Gasteiger partial charge is 0.454 e. The predicted octanol–water partition coefficient (Wildman–Crippen LogP) is 1.65. The normalized spacial score (nSPS) is 16.9. The first-order valence-electron chi connectivity index (χ1n) is 9.88. The Morgan fingerprint density at radius 1 is 1.06 bits per heavy atom. The summed E-state index contributed by atoms with van der Waals surface area (Å²) in [6.45, 7) is 2.31. The number of piperazine rings is 1. The van der Waals surface area contributed by atoms with Gasteiger partial charge in [-0.2, -0.15) is 13.2 Å². The van der Waals surface area contributed by atoms with Crippen LogP contribution in [-0.4, -0.2) is 87.2 Å². The Balaban J connectivity index is 1.29. The van der Waals surface area contributed by atoms with Crippen LogP contribution in [0.5, 0.6) is 11.5 Å². The lowest BCUT2D eigenvalue weighted by atomic mass is 10.3. The van der Waals surface area contributed by atoms with E-state index in [2.05, 4.69) is 20.3 Å². The van der Waals surface area contributed by atoms with Crippen molar-refractivity contribution in [1.29, 1.82) is 0 Å². The summed E-state index contributed by atoms with van der Waals surface area (Å²) in [7, 11) is 0. The Morgan fingerprint density at radius 3 is 2.52 bits per heavy atom. The maximum absolute atomic E-state index is 12.1. The topological polar surface area (TPSA) is 92.4 Å². The SMILES string of the molecule is O=C(CN1CCN(CCCOCC(F)(F)F)CC1)NC(=O)Nc1ccc2c(c1)OCO2. The average molecular weight is 446 g/mol. The molecule has 12 heteroatoms. The van der Waals surface area contributed by atoms with Gasteiger partial charge in [-0.1, -0.05) is 0 Å². The van der Waals surface area contributed by atoms with Crippen molar-refractivity contribution in [3.8, 4) is 11.5 Å². The van der Waals surface area contributed by atoms with Gasteiger partial charge in [-0.25, -0.2) is 4.79 Å². The lowest BCUT2D eigenvalue weighted by Gasteiger charge is -2.34. The summed E-state index contributed by atoms with van der Waals surface area (Å²) in [5.41, 5.74) is 0.474. The van der Waals surface area contributed by atoms with E-state index in [9.17, 15) is 22.8 Å². The standard InChI is InChI=1S/C19H25F3N4O5/c20-19(21,22)12-29-9-1-4-25-5-7-26(8-6-25)11-17(27)24-18(28)23-14-2-3-15-16(10-14)31-13-30-15/h2-3,10H,1,4-9,11-13H2,(H2,23,24,27,28). The number of imide groups is 1. The molecule has 3 amide bonds. The van der Waals surface area contributed by atoms with Crippen LogP contribution in [0, 0.1) is 0 Å². The highest BCUT2D eigenvalue weighted by atomic mass is 19.4. The van der Waals surface area contributed by atoms with E-state index < -0.39 is 24.7 Å². The molecule has 2 N–H and O–H groups in total. The summed E-state index contributed by atoms with van der Waals surface area (Å²) in [6.07, 6.45) is -3.79. The maximum atomic E-state index is 12.1. The zero-order chi connectivity index (χ0) is 22.3. The molecule has 2 aliphatic heterocycles. The summed E-state index contributed by atoms with van der Waals surface area (Å²) in [5.74, 6) is 0.691. The number of nitrogens with zero attached hydrogens (tertiary/aromatic N) is 2. The van der Waals surface area contributed by atoms with E-state index in [1.807, 2.05) is 4.90 Å². The van der Waals surface area contributed by atoms with Gasteiger partial charge >= 0.3 is 12.2 Å². The van der Waals surface area contributed by atoms with Crippen molar-refractivity contribution >= 4 is 17.6 Å². The second-order valence-electron chi connectivity index (χ2n) is 7.21. The molecule has 0 spiro atoms. The van der Waals surface area contributed by atoms with Crippen LogP contribution < -0.4 is 20.1 Å². The minimum atomic E-state index is -4.30. The molecule has 31 heavy (non-hydrogen) atoms. The molecular weight excluding hydrogens is 421 g/mol. The molecule has 172 valence electrons. The first kappa shape index (κ1) is 23.1. The number of halogens is 3. The number of nitrogens with one attached hydrogen (secondary N) is 2. The van der Waals surface area contributed by atoms with Gasteiger partial charge < -0.3 is 24.4 Å². The Hall–Kier alpha value is -2.57. The van der Waals surface area contributed by atoms with E-state index in [4.69, 9.17) is 9.47 Å². The molecular formula is C19H25F3N4O5. The number of fused-ring (bicyclic) bond motifs is 1. The van der Waals surface area contributed by atoms with Crippen molar-refractivity contribution in [2.24, 2.45) is 0 Å². The predicted molar refractivity (Wildman–Crippen MR) is 104 cm³/mol. The second kappa shape index (κ2) is 10.6. The molecule has 0 saturated carbocycles. The first-order chi connectivity index (χ1) is 14.8. The van der Waals surface area contributed by atoms with Gasteiger partial charge in [0.25, 0.3) is 0 Å². The van der Waals surface area contributed by atoms with Crippen LogP contribution >= 0.6 is 0 Å². The highest BCUT2D eigenvalue weighted by molar-refractivity contribution is 6.01. The van der Waals surface area contributed by atoms with Gasteiger partial charge in [-0.3, -0.25) is 15.0 Å². The van der Waals surface area contributed by atoms with Crippen LogP contribution in [0.1, 0.15) is 6.42 Å². The molecule has 0 unspecified atom stereocenters. The average Bonchev–Trinajstić information content (AvgIpc) is 3.15. The van der Waals surface area contributed by atoms with E-state index in [-0.39, 0.29) is 19.9 Å². The van der Waals surface area contributed by atoms with Gasteiger partial charge in [-0.05, 0) is 18.6 Å². The lowest BCUT2D eigenvalue weighted by molar-refractivity contribution is -0.174. The van der Waals surface area contributed by atoms with Gasteiger partial charge in [0, 0.05) is 51.1 Å². The van der Waals surface area contributed by atoms with Gasteiger partial charge in [0.15, 0.2) is 11.5 Å². The molecule has 1 fully saturated rings. The Bertz CT molecular complexity index is 769. The Kier molecular flexibility index (Phi) is 7.93. The number of hydrogen-bond acceptors (Lipinski definition) is 7. The Morgan fingerprint density at radius 2 is 1.77 bits per heavy atom. The molecule has 1 aromatic rings. The fourth-order valence-corrected chi connectivity index (χ4v) is 3.26. The third kappa shape index (κ3) is 7.89. The zero-order valence-electron chi connectivity index (χ0n) is 16.9. The van der Waals surface area contributed by atoms with Crippen molar-refractivity contribution in [3.05, 3.63) is 18.2 Å². The molecule has 0 atom stereocenters. The summed E-state index contributed by atoms with van der Waals surface area (Å²) in [6, 6.07) is 4.29. The van der Waals surface area contributed by atoms with E-state index in [1.54, 1.807) is 18.2 Å². The van der Waals surface area contributed by atoms with Crippen molar-refractivity contribution in [1.82, 2.24) is 15.1 Å². The molecule has 1 aromatic carbocycles. The fourth-order valence-electron chi connectivity index (χ4n) is 3.26. The number of carbonyl (C=O) groups excluding carboxylic acids is 2. The number of ether oxygens (including phenoxy) is 3. The number of amides is 3. The number of urea groups is 1. The molecule has 3 rings (SSSR count). The number of anilines is 1. The van der Waals surface area contributed by atoms with Crippen LogP contribution in [-0.2, 0) is 9.53 Å². The monoisotopic (exact) mass is 446 g/mol. The summed E-state index contributed by atoms with van der Waals surface area (Å²) in [4.78, 5) is 28.2. The Labute approximate surface area is 177 Å². The highest BCUT2D eigenvalue weighted by Gasteiger charge is 2.27. The van der Waals surface area contributed by atoms with Crippen molar-refractivity contribution < 1.29 is 37.0 Å². The third-order valence-corrected chi connectivity index (χ3v) is 4.74. The van der Waals surface area contributed by atoms with E-state index in [0.29, 0.717) is 56.3 Å². The van der Waals surface area contributed by atoms with E-state index in [1.165, 1.54) is 0 Å². The molecule has 0 aromatic heterocycles. The van der Waals surface area contributed by atoms with Gasteiger partial charge in [0.2, 0.25) is 12.7 Å².